The van der Waals surface area contributed by atoms with E-state index in [1.54, 1.807) is 49.9 Å². The first-order valence-electron chi connectivity index (χ1n) is 19.7. The summed E-state index contributed by atoms with van der Waals surface area (Å²) in [5.41, 5.74) is 1.89. The van der Waals surface area contributed by atoms with Gasteiger partial charge in [-0.05, 0) is 126 Å². The number of carbonyl (C=O) groups excluding carboxylic acids is 3. The van der Waals surface area contributed by atoms with Gasteiger partial charge in [0.2, 0.25) is 5.91 Å². The molecule has 0 spiro atoms. The van der Waals surface area contributed by atoms with Crippen LogP contribution in [0.15, 0.2) is 54.6 Å². The van der Waals surface area contributed by atoms with E-state index in [4.69, 9.17) is 53.8 Å². The summed E-state index contributed by atoms with van der Waals surface area (Å²) in [6.45, 7) is 13.2. The summed E-state index contributed by atoms with van der Waals surface area (Å²) in [5.74, 6) is 0.199. The van der Waals surface area contributed by atoms with Crippen molar-refractivity contribution in [3.05, 3.63) is 91.9 Å². The number of likely N-dealkylation sites (tertiary alicyclic amines) is 1. The largest absolute Gasteiger partial charge is 0.490 e. The number of nitrogens with zero attached hydrogens (tertiary/aromatic N) is 3. The highest BCUT2D eigenvalue weighted by Gasteiger charge is 2.43. The Balaban J connectivity index is 1.33. The van der Waals surface area contributed by atoms with Gasteiger partial charge in [0, 0.05) is 37.2 Å². The summed E-state index contributed by atoms with van der Waals surface area (Å²) in [5, 5.41) is 1.34. The fraction of sp³-hybridized carbons (Fsp3) is 0.523. The molecule has 1 aliphatic heterocycles. The summed E-state index contributed by atoms with van der Waals surface area (Å²) in [4.78, 5) is 45.9. The van der Waals surface area contributed by atoms with E-state index in [2.05, 4.69) is 0 Å². The van der Waals surface area contributed by atoms with Crippen molar-refractivity contribution in [3.8, 4) is 11.5 Å². The molecule has 1 aliphatic carbocycles. The van der Waals surface area contributed by atoms with Crippen LogP contribution in [0.3, 0.4) is 0 Å². The van der Waals surface area contributed by atoms with Crippen molar-refractivity contribution in [2.45, 2.75) is 104 Å². The van der Waals surface area contributed by atoms with E-state index in [0.717, 1.165) is 29.5 Å². The van der Waals surface area contributed by atoms with Gasteiger partial charge in [-0.3, -0.25) is 4.79 Å². The zero-order valence-electron chi connectivity index (χ0n) is 34.4. The maximum Gasteiger partial charge on any atom is 0.410 e. The van der Waals surface area contributed by atoms with Crippen LogP contribution in [0.5, 0.6) is 11.5 Å². The predicted octanol–water partition coefficient (Wildman–Crippen LogP) is 10.7. The molecule has 2 fully saturated rings. The Morgan fingerprint density at radius 1 is 0.810 bits per heavy atom. The second-order valence-electron chi connectivity index (χ2n) is 17.0. The van der Waals surface area contributed by atoms with E-state index in [-0.39, 0.29) is 57.3 Å². The van der Waals surface area contributed by atoms with Crippen molar-refractivity contribution in [3.63, 3.8) is 0 Å². The summed E-state index contributed by atoms with van der Waals surface area (Å²) >= 11 is 19.4. The molecule has 5 rings (SSSR count). The molecule has 0 aromatic heterocycles. The van der Waals surface area contributed by atoms with Crippen LogP contribution in [0.1, 0.15) is 89.0 Å². The second kappa shape index (κ2) is 19.4. The number of aryl methyl sites for hydroxylation is 1. The van der Waals surface area contributed by atoms with Crippen LogP contribution in [0.25, 0.3) is 0 Å². The van der Waals surface area contributed by atoms with Crippen LogP contribution in [-0.2, 0) is 27.4 Å². The lowest BCUT2D eigenvalue weighted by molar-refractivity contribution is -0.139. The second-order valence-corrected chi connectivity index (χ2v) is 18.2. The van der Waals surface area contributed by atoms with Gasteiger partial charge in [-0.15, -0.1) is 0 Å². The van der Waals surface area contributed by atoms with E-state index < -0.39 is 36.0 Å². The molecule has 316 valence electrons. The molecular formula is C44H55Cl3FN3O7. The van der Waals surface area contributed by atoms with Crippen molar-refractivity contribution in [2.75, 3.05) is 39.5 Å². The van der Waals surface area contributed by atoms with Gasteiger partial charge < -0.3 is 33.6 Å². The molecule has 1 saturated heterocycles. The number of amides is 3. The number of hydrogen-bond donors (Lipinski definition) is 0. The Morgan fingerprint density at radius 2 is 1.45 bits per heavy atom. The average Bonchev–Trinajstić information content (AvgIpc) is 3.98. The molecule has 0 bridgehead atoms. The van der Waals surface area contributed by atoms with Crippen LogP contribution in [0.4, 0.5) is 14.0 Å². The molecule has 0 radical (unpaired) electrons. The molecule has 3 aromatic carbocycles. The highest BCUT2D eigenvalue weighted by Crippen LogP contribution is 2.40. The van der Waals surface area contributed by atoms with E-state index in [1.165, 1.54) is 4.90 Å². The quantitative estimate of drug-likeness (QED) is 0.149. The van der Waals surface area contributed by atoms with Gasteiger partial charge in [-0.1, -0.05) is 59.1 Å². The smallest absolute Gasteiger partial charge is 0.410 e. The number of rotatable bonds is 14. The number of carbonyl (C=O) groups is 3. The van der Waals surface area contributed by atoms with Gasteiger partial charge in [-0.2, -0.15) is 0 Å². The van der Waals surface area contributed by atoms with Crippen molar-refractivity contribution < 1.29 is 37.7 Å². The molecule has 0 N–H and O–H groups in total. The fourth-order valence-corrected chi connectivity index (χ4v) is 7.82. The van der Waals surface area contributed by atoms with Gasteiger partial charge in [0.15, 0.2) is 5.75 Å². The number of benzene rings is 3. The Kier molecular flexibility index (Phi) is 15.1. The van der Waals surface area contributed by atoms with Crippen LogP contribution in [0, 0.1) is 12.8 Å². The van der Waals surface area contributed by atoms with E-state index >= 15 is 0 Å². The van der Waals surface area contributed by atoms with Crippen molar-refractivity contribution >= 4 is 52.9 Å². The maximum atomic E-state index is 14.9. The SMILES string of the molecule is Cc1cc(Cl)c(OCCOc2ccc(C3CCN(C(=O)OC(C)(C)C)CC3C(=O)N(Cc3cc(CN(CCF)C(=O)OC(C)(C)C)ccc3Cl)C3CC3)cc2)c(Cl)c1. The van der Waals surface area contributed by atoms with Crippen molar-refractivity contribution in [2.24, 2.45) is 5.92 Å². The Bertz CT molecular complexity index is 1890. The fourth-order valence-electron chi connectivity index (χ4n) is 6.93. The van der Waals surface area contributed by atoms with Crippen LogP contribution in [0.2, 0.25) is 15.1 Å². The number of halogens is 4. The molecule has 14 heteroatoms. The summed E-state index contributed by atoms with van der Waals surface area (Å²) in [6.07, 6.45) is 1.16. The summed E-state index contributed by atoms with van der Waals surface area (Å²) < 4.78 is 36.6. The van der Waals surface area contributed by atoms with E-state index in [9.17, 15) is 18.8 Å². The maximum absolute atomic E-state index is 14.9. The third kappa shape index (κ3) is 12.8. The third-order valence-electron chi connectivity index (χ3n) is 9.73. The average molecular weight is 863 g/mol. The first-order valence-corrected chi connectivity index (χ1v) is 20.9. The van der Waals surface area contributed by atoms with Gasteiger partial charge in [0.1, 0.15) is 36.8 Å². The van der Waals surface area contributed by atoms with E-state index in [1.807, 2.05) is 62.9 Å². The zero-order valence-corrected chi connectivity index (χ0v) is 36.7. The van der Waals surface area contributed by atoms with Crippen molar-refractivity contribution in [1.29, 1.82) is 0 Å². The lowest BCUT2D eigenvalue weighted by Gasteiger charge is -2.40. The molecule has 2 aliphatic rings. The lowest BCUT2D eigenvalue weighted by atomic mass is 9.79. The first-order chi connectivity index (χ1) is 27.3. The highest BCUT2D eigenvalue weighted by atomic mass is 35.5. The van der Waals surface area contributed by atoms with Crippen LogP contribution in [-0.4, -0.2) is 89.6 Å². The standard InChI is InChI=1S/C44H55Cl3FN3O7/c1-28-22-37(46)39(38(47)23-28)56-21-20-55-33-13-9-30(10-14-33)34-16-18-49(41(53)57-43(2,3)4)27-35(34)40(52)51(32-11-12-32)26-31-24-29(8-15-36(31)45)25-50(19-17-48)42(54)58-44(5,6)7/h8-10,13-15,22-24,32,34-35H,11-12,16-21,25-27H2,1-7H3. The molecule has 1 saturated carbocycles. The minimum Gasteiger partial charge on any atom is -0.490 e. The summed E-state index contributed by atoms with van der Waals surface area (Å²) in [7, 11) is 0. The van der Waals surface area contributed by atoms with Gasteiger partial charge in [0.05, 0.1) is 22.5 Å². The topological polar surface area (TPSA) is 97.8 Å². The molecule has 1 heterocycles. The molecule has 3 aromatic rings. The third-order valence-corrected chi connectivity index (χ3v) is 10.7. The van der Waals surface area contributed by atoms with Crippen LogP contribution < -0.4 is 9.47 Å². The molecular weight excluding hydrogens is 808 g/mol. The monoisotopic (exact) mass is 861 g/mol. The number of alkyl halides is 1. The van der Waals surface area contributed by atoms with Gasteiger partial charge in [0.25, 0.3) is 0 Å². The molecule has 10 nitrogen and oxygen atoms in total. The Hall–Kier alpha value is -3.93. The van der Waals surface area contributed by atoms with Gasteiger partial charge in [-0.25, -0.2) is 14.0 Å². The zero-order chi connectivity index (χ0) is 42.4. The minimum absolute atomic E-state index is 0.0113. The lowest BCUT2D eigenvalue weighted by Crippen LogP contribution is -2.51. The number of ether oxygens (including phenoxy) is 4. The summed E-state index contributed by atoms with van der Waals surface area (Å²) in [6, 6.07) is 16.6. The molecule has 58 heavy (non-hydrogen) atoms. The predicted molar refractivity (Wildman–Crippen MR) is 225 cm³/mol. The molecule has 3 amide bonds. The molecule has 2 atom stereocenters. The Labute approximate surface area is 356 Å². The van der Waals surface area contributed by atoms with Gasteiger partial charge >= 0.3 is 12.2 Å². The number of hydrogen-bond acceptors (Lipinski definition) is 7. The van der Waals surface area contributed by atoms with Crippen LogP contribution >= 0.6 is 34.8 Å². The highest BCUT2D eigenvalue weighted by molar-refractivity contribution is 6.37. The molecule has 2 unspecified atom stereocenters. The number of piperidine rings is 1. The van der Waals surface area contributed by atoms with E-state index in [0.29, 0.717) is 45.1 Å². The normalized spacial score (nSPS) is 17.1. The minimum atomic E-state index is -0.740. The Morgan fingerprint density at radius 3 is 2.05 bits per heavy atom. The first kappa shape index (κ1) is 45.2. The van der Waals surface area contributed by atoms with Crippen molar-refractivity contribution in [1.82, 2.24) is 14.7 Å².